The highest BCUT2D eigenvalue weighted by atomic mass is 16.5. The molecule has 0 spiro atoms. The van der Waals surface area contributed by atoms with Crippen LogP contribution in [0.1, 0.15) is 64.7 Å². The Morgan fingerprint density at radius 3 is 2.42 bits per heavy atom. The molecule has 2 rings (SSSR count). The van der Waals surface area contributed by atoms with Crippen LogP contribution in [0.25, 0.3) is 0 Å². The normalized spacial score (nSPS) is 27.9. The van der Waals surface area contributed by atoms with Gasteiger partial charge in [0.15, 0.2) is 0 Å². The van der Waals surface area contributed by atoms with Crippen molar-refractivity contribution in [3.05, 3.63) is 12.2 Å². The summed E-state index contributed by atoms with van der Waals surface area (Å²) in [6.07, 6.45) is 16.9. The molecular formula is C17H28O2. The number of unbranched alkanes of at least 4 members (excludes halogenated alkanes) is 5. The minimum atomic E-state index is -0.153. The van der Waals surface area contributed by atoms with E-state index in [1.54, 1.807) is 0 Å². The van der Waals surface area contributed by atoms with Gasteiger partial charge in [0.25, 0.3) is 0 Å². The van der Waals surface area contributed by atoms with Crippen molar-refractivity contribution in [3.63, 3.8) is 0 Å². The van der Waals surface area contributed by atoms with Gasteiger partial charge in [-0.15, -0.1) is 0 Å². The lowest BCUT2D eigenvalue weighted by molar-refractivity contribution is -0.141. The number of esters is 1. The molecule has 2 aliphatic rings. The summed E-state index contributed by atoms with van der Waals surface area (Å²) in [5.41, 5.74) is 0. The van der Waals surface area contributed by atoms with Gasteiger partial charge in [-0.2, -0.15) is 0 Å². The summed E-state index contributed by atoms with van der Waals surface area (Å²) in [4.78, 5) is 10.6. The van der Waals surface area contributed by atoms with E-state index in [0.717, 1.165) is 24.2 Å². The van der Waals surface area contributed by atoms with Crippen molar-refractivity contribution in [1.29, 1.82) is 0 Å². The van der Waals surface area contributed by atoms with Crippen molar-refractivity contribution in [2.24, 2.45) is 17.8 Å². The standard InChI is InChI=1S/C17H28O2/c1-14(18)19-11-7-5-3-2-4-6-8-16-12-15-9-10-17(16)13-15/h9-10,15-17H,2-8,11-13H2,1H3. The zero-order valence-corrected chi connectivity index (χ0v) is 12.3. The Labute approximate surface area is 117 Å². The van der Waals surface area contributed by atoms with Crippen molar-refractivity contribution < 1.29 is 9.53 Å². The third-order valence-corrected chi connectivity index (χ3v) is 4.69. The number of rotatable bonds is 9. The molecule has 1 fully saturated rings. The Morgan fingerprint density at radius 2 is 1.79 bits per heavy atom. The maximum atomic E-state index is 10.6. The average Bonchev–Trinajstić information content (AvgIpc) is 2.98. The fourth-order valence-electron chi connectivity index (χ4n) is 3.66. The van der Waals surface area contributed by atoms with Gasteiger partial charge in [-0.25, -0.2) is 0 Å². The van der Waals surface area contributed by atoms with Crippen LogP contribution in [0.4, 0.5) is 0 Å². The van der Waals surface area contributed by atoms with E-state index in [-0.39, 0.29) is 5.97 Å². The largest absolute Gasteiger partial charge is 0.466 e. The average molecular weight is 264 g/mol. The van der Waals surface area contributed by atoms with Crippen molar-refractivity contribution in [2.75, 3.05) is 6.61 Å². The number of ether oxygens (including phenoxy) is 1. The zero-order chi connectivity index (χ0) is 13.5. The molecule has 0 aromatic carbocycles. The van der Waals surface area contributed by atoms with Crippen molar-refractivity contribution >= 4 is 5.97 Å². The van der Waals surface area contributed by atoms with Crippen LogP contribution in [0.2, 0.25) is 0 Å². The molecule has 0 aromatic rings. The quantitative estimate of drug-likeness (QED) is 0.348. The maximum Gasteiger partial charge on any atom is 0.302 e. The fraction of sp³-hybridized carbons (Fsp3) is 0.824. The second kappa shape index (κ2) is 7.72. The highest BCUT2D eigenvalue weighted by Crippen LogP contribution is 2.45. The van der Waals surface area contributed by atoms with Crippen LogP contribution in [0.3, 0.4) is 0 Å². The summed E-state index contributed by atoms with van der Waals surface area (Å²) >= 11 is 0. The van der Waals surface area contributed by atoms with Crippen LogP contribution in [0.5, 0.6) is 0 Å². The molecule has 2 bridgehead atoms. The molecule has 2 heteroatoms. The number of carbonyl (C=O) groups is 1. The Morgan fingerprint density at radius 1 is 1.05 bits per heavy atom. The summed E-state index contributed by atoms with van der Waals surface area (Å²) in [5.74, 6) is 2.70. The predicted octanol–water partition coefficient (Wildman–Crippen LogP) is 4.49. The molecule has 2 aliphatic carbocycles. The van der Waals surface area contributed by atoms with Gasteiger partial charge in [-0.1, -0.05) is 44.3 Å². The molecule has 0 radical (unpaired) electrons. The van der Waals surface area contributed by atoms with Crippen LogP contribution in [0, 0.1) is 17.8 Å². The van der Waals surface area contributed by atoms with Crippen molar-refractivity contribution in [3.8, 4) is 0 Å². The van der Waals surface area contributed by atoms with Gasteiger partial charge in [0.05, 0.1) is 6.61 Å². The number of hydrogen-bond acceptors (Lipinski definition) is 2. The van der Waals surface area contributed by atoms with Crippen molar-refractivity contribution in [2.45, 2.75) is 64.7 Å². The predicted molar refractivity (Wildman–Crippen MR) is 77.8 cm³/mol. The van der Waals surface area contributed by atoms with Crippen LogP contribution < -0.4 is 0 Å². The molecular weight excluding hydrogens is 236 g/mol. The topological polar surface area (TPSA) is 26.3 Å². The maximum absolute atomic E-state index is 10.6. The van der Waals surface area contributed by atoms with E-state index in [0.29, 0.717) is 6.61 Å². The van der Waals surface area contributed by atoms with Gasteiger partial charge in [-0.3, -0.25) is 4.79 Å². The summed E-state index contributed by atoms with van der Waals surface area (Å²) in [6.45, 7) is 2.08. The van der Waals surface area contributed by atoms with E-state index < -0.39 is 0 Å². The Bertz CT molecular complexity index is 308. The summed E-state index contributed by atoms with van der Waals surface area (Å²) < 4.78 is 4.92. The number of carbonyl (C=O) groups excluding carboxylic acids is 1. The first-order valence-electron chi connectivity index (χ1n) is 8.07. The first-order valence-corrected chi connectivity index (χ1v) is 8.07. The third-order valence-electron chi connectivity index (χ3n) is 4.69. The molecule has 0 N–H and O–H groups in total. The summed E-state index contributed by atoms with van der Waals surface area (Å²) in [5, 5.41) is 0. The van der Waals surface area contributed by atoms with E-state index in [4.69, 9.17) is 4.74 Å². The van der Waals surface area contributed by atoms with Crippen LogP contribution in [-0.2, 0) is 9.53 Å². The summed E-state index contributed by atoms with van der Waals surface area (Å²) in [7, 11) is 0. The summed E-state index contributed by atoms with van der Waals surface area (Å²) in [6, 6.07) is 0. The zero-order valence-electron chi connectivity index (χ0n) is 12.3. The lowest BCUT2D eigenvalue weighted by Crippen LogP contribution is -2.06. The van der Waals surface area contributed by atoms with E-state index in [9.17, 15) is 4.79 Å². The van der Waals surface area contributed by atoms with Gasteiger partial charge in [0.1, 0.15) is 0 Å². The van der Waals surface area contributed by atoms with Gasteiger partial charge >= 0.3 is 5.97 Å². The Hall–Kier alpha value is -0.790. The smallest absolute Gasteiger partial charge is 0.302 e. The molecule has 1 saturated carbocycles. The molecule has 2 nitrogen and oxygen atoms in total. The molecule has 3 atom stereocenters. The number of allylic oxidation sites excluding steroid dienone is 2. The number of hydrogen-bond donors (Lipinski definition) is 0. The molecule has 0 amide bonds. The lowest BCUT2D eigenvalue weighted by atomic mass is 9.88. The van der Waals surface area contributed by atoms with Gasteiger partial charge in [0, 0.05) is 6.92 Å². The first-order chi connectivity index (χ1) is 9.25. The highest BCUT2D eigenvalue weighted by Gasteiger charge is 2.34. The Balaban J connectivity index is 1.37. The Kier molecular flexibility index (Phi) is 5.93. The molecule has 19 heavy (non-hydrogen) atoms. The third kappa shape index (κ3) is 5.00. The van der Waals surface area contributed by atoms with E-state index >= 15 is 0 Å². The van der Waals surface area contributed by atoms with E-state index in [2.05, 4.69) is 12.2 Å². The van der Waals surface area contributed by atoms with Gasteiger partial charge in [-0.05, 0) is 43.4 Å². The monoisotopic (exact) mass is 264 g/mol. The molecule has 0 heterocycles. The van der Waals surface area contributed by atoms with Crippen LogP contribution >= 0.6 is 0 Å². The minimum absolute atomic E-state index is 0.153. The number of fused-ring (bicyclic) bond motifs is 2. The molecule has 0 saturated heterocycles. The first kappa shape index (κ1) is 14.6. The van der Waals surface area contributed by atoms with Crippen molar-refractivity contribution in [1.82, 2.24) is 0 Å². The van der Waals surface area contributed by atoms with E-state index in [1.807, 2.05) is 0 Å². The lowest BCUT2D eigenvalue weighted by Gasteiger charge is -2.17. The molecule has 0 aromatic heterocycles. The fourth-order valence-corrected chi connectivity index (χ4v) is 3.66. The van der Waals surface area contributed by atoms with Gasteiger partial charge < -0.3 is 4.74 Å². The van der Waals surface area contributed by atoms with Gasteiger partial charge in [0.2, 0.25) is 0 Å². The molecule has 108 valence electrons. The van der Waals surface area contributed by atoms with Crippen LogP contribution in [-0.4, -0.2) is 12.6 Å². The second-order valence-electron chi connectivity index (χ2n) is 6.29. The van der Waals surface area contributed by atoms with Crippen LogP contribution in [0.15, 0.2) is 12.2 Å². The SMILES string of the molecule is CC(=O)OCCCCCCCCC1CC2C=CC1C2. The minimum Gasteiger partial charge on any atom is -0.466 e. The highest BCUT2D eigenvalue weighted by molar-refractivity contribution is 5.65. The second-order valence-corrected chi connectivity index (χ2v) is 6.29. The van der Waals surface area contributed by atoms with E-state index in [1.165, 1.54) is 58.3 Å². The molecule has 3 unspecified atom stereocenters. The molecule has 0 aliphatic heterocycles.